The summed E-state index contributed by atoms with van der Waals surface area (Å²) >= 11 is 1.46. The summed E-state index contributed by atoms with van der Waals surface area (Å²) in [6, 6.07) is 10.3. The Bertz CT molecular complexity index is 1370. The number of carbonyl (C=O) groups is 1. The lowest BCUT2D eigenvalue weighted by Gasteiger charge is -2.29. The van der Waals surface area contributed by atoms with Gasteiger partial charge >= 0.3 is 0 Å². The van der Waals surface area contributed by atoms with Crippen molar-refractivity contribution in [1.29, 1.82) is 0 Å². The Morgan fingerprint density at radius 3 is 2.42 bits per heavy atom. The van der Waals surface area contributed by atoms with Crippen molar-refractivity contribution in [2.45, 2.75) is 45.1 Å². The molecule has 1 amide bonds. The molecule has 0 bridgehead atoms. The van der Waals surface area contributed by atoms with Gasteiger partial charge < -0.3 is 4.57 Å². The SMILES string of the molecule is C=CCn1c(=NC(=O)c2ccc(S(=O)(=O)N3CCC(C)CC3)cc2)sc2cc(C)c(C)cc21. The van der Waals surface area contributed by atoms with E-state index < -0.39 is 15.9 Å². The van der Waals surface area contributed by atoms with Crippen LogP contribution in [0.1, 0.15) is 41.3 Å². The molecule has 1 aliphatic heterocycles. The molecule has 0 unspecified atom stereocenters. The smallest absolute Gasteiger partial charge is 0.279 e. The molecule has 0 spiro atoms. The summed E-state index contributed by atoms with van der Waals surface area (Å²) in [4.78, 5) is 18.1. The number of nitrogens with zero attached hydrogens (tertiary/aromatic N) is 3. The third-order valence-corrected chi connectivity index (χ3v) is 9.24. The van der Waals surface area contributed by atoms with Gasteiger partial charge in [0.15, 0.2) is 4.80 Å². The highest BCUT2D eigenvalue weighted by atomic mass is 32.2. The topological polar surface area (TPSA) is 71.7 Å². The molecule has 0 N–H and O–H groups in total. The average Bonchev–Trinajstić information content (AvgIpc) is 3.10. The number of amides is 1. The number of rotatable bonds is 5. The van der Waals surface area contributed by atoms with Crippen LogP contribution in [0.2, 0.25) is 0 Å². The molecule has 4 rings (SSSR count). The zero-order chi connectivity index (χ0) is 23.8. The van der Waals surface area contributed by atoms with Crippen molar-refractivity contribution in [3.8, 4) is 0 Å². The standard InChI is InChI=1S/C25H29N3O3S2/c1-5-12-28-22-15-18(3)19(4)16-23(22)32-25(28)26-24(29)20-6-8-21(9-7-20)33(30,31)27-13-10-17(2)11-14-27/h5-9,15-17H,1,10-14H2,2-4H3. The van der Waals surface area contributed by atoms with E-state index in [0.29, 0.717) is 35.9 Å². The number of aromatic nitrogens is 1. The van der Waals surface area contributed by atoms with Crippen molar-refractivity contribution in [2.75, 3.05) is 13.1 Å². The fourth-order valence-corrected chi connectivity index (χ4v) is 6.59. The van der Waals surface area contributed by atoms with Crippen LogP contribution in [0.25, 0.3) is 10.2 Å². The van der Waals surface area contributed by atoms with Gasteiger partial charge in [-0.05, 0) is 80.1 Å². The van der Waals surface area contributed by atoms with E-state index >= 15 is 0 Å². The third kappa shape index (κ3) is 4.74. The van der Waals surface area contributed by atoms with Crippen molar-refractivity contribution in [3.63, 3.8) is 0 Å². The van der Waals surface area contributed by atoms with Crippen LogP contribution in [-0.4, -0.2) is 36.3 Å². The molecule has 8 heteroatoms. The first kappa shape index (κ1) is 23.6. The van der Waals surface area contributed by atoms with E-state index in [4.69, 9.17) is 0 Å². The number of aryl methyl sites for hydroxylation is 2. The lowest BCUT2D eigenvalue weighted by atomic mass is 10.0. The first-order valence-corrected chi connectivity index (χ1v) is 13.4. The second kappa shape index (κ2) is 9.37. The van der Waals surface area contributed by atoms with E-state index in [2.05, 4.69) is 44.5 Å². The molecule has 2 heterocycles. The first-order valence-electron chi connectivity index (χ1n) is 11.1. The highest BCUT2D eigenvalue weighted by Gasteiger charge is 2.28. The fourth-order valence-electron chi connectivity index (χ4n) is 4.01. The Hall–Kier alpha value is -2.55. The molecule has 1 saturated heterocycles. The van der Waals surface area contributed by atoms with Gasteiger partial charge in [0.25, 0.3) is 5.91 Å². The molecule has 174 valence electrons. The van der Waals surface area contributed by atoms with E-state index in [1.165, 1.54) is 38.9 Å². The Morgan fingerprint density at radius 2 is 1.79 bits per heavy atom. The van der Waals surface area contributed by atoms with E-state index in [1.807, 2.05) is 4.57 Å². The largest absolute Gasteiger partial charge is 0.312 e. The van der Waals surface area contributed by atoms with E-state index in [-0.39, 0.29) is 4.90 Å². The minimum Gasteiger partial charge on any atom is -0.312 e. The van der Waals surface area contributed by atoms with Crippen LogP contribution in [0.4, 0.5) is 0 Å². The van der Waals surface area contributed by atoms with Gasteiger partial charge in [0, 0.05) is 25.2 Å². The Morgan fingerprint density at radius 1 is 1.15 bits per heavy atom. The molecule has 33 heavy (non-hydrogen) atoms. The van der Waals surface area contributed by atoms with Crippen LogP contribution in [0.3, 0.4) is 0 Å². The maximum Gasteiger partial charge on any atom is 0.279 e. The summed E-state index contributed by atoms with van der Waals surface area (Å²) in [6.45, 7) is 11.7. The van der Waals surface area contributed by atoms with Crippen LogP contribution in [-0.2, 0) is 16.6 Å². The van der Waals surface area contributed by atoms with Gasteiger partial charge in [-0.2, -0.15) is 9.30 Å². The molecular formula is C25H29N3O3S2. The van der Waals surface area contributed by atoms with Gasteiger partial charge in [-0.3, -0.25) is 4.79 Å². The summed E-state index contributed by atoms with van der Waals surface area (Å²) in [5, 5.41) is 0. The first-order chi connectivity index (χ1) is 15.7. The number of carbonyl (C=O) groups excluding carboxylic acids is 1. The quantitative estimate of drug-likeness (QED) is 0.495. The van der Waals surface area contributed by atoms with Gasteiger partial charge in [-0.15, -0.1) is 6.58 Å². The number of benzene rings is 2. The molecule has 1 fully saturated rings. The molecule has 6 nitrogen and oxygen atoms in total. The molecule has 0 radical (unpaired) electrons. The number of thiazole rings is 1. The number of hydrogen-bond acceptors (Lipinski definition) is 4. The molecule has 0 aliphatic carbocycles. The summed E-state index contributed by atoms with van der Waals surface area (Å²) in [5.74, 6) is 0.146. The number of allylic oxidation sites excluding steroid dienone is 1. The van der Waals surface area contributed by atoms with Gasteiger partial charge in [-0.25, -0.2) is 8.42 Å². The average molecular weight is 484 g/mol. The van der Waals surface area contributed by atoms with Crippen molar-refractivity contribution in [2.24, 2.45) is 10.9 Å². The highest BCUT2D eigenvalue weighted by Crippen LogP contribution is 2.24. The van der Waals surface area contributed by atoms with Gasteiger partial charge in [0.1, 0.15) is 0 Å². The minimum atomic E-state index is -3.55. The zero-order valence-corrected chi connectivity index (χ0v) is 20.9. The molecule has 3 aromatic rings. The second-order valence-electron chi connectivity index (χ2n) is 8.72. The summed E-state index contributed by atoms with van der Waals surface area (Å²) in [6.07, 6.45) is 3.52. The fraction of sp³-hybridized carbons (Fsp3) is 0.360. The zero-order valence-electron chi connectivity index (χ0n) is 19.2. The van der Waals surface area contributed by atoms with Crippen molar-refractivity contribution >= 4 is 37.5 Å². The van der Waals surface area contributed by atoms with Gasteiger partial charge in [0.05, 0.1) is 15.1 Å². The Kier molecular flexibility index (Phi) is 6.70. The predicted octanol–water partition coefficient (Wildman–Crippen LogP) is 4.67. The minimum absolute atomic E-state index is 0.211. The van der Waals surface area contributed by atoms with Gasteiger partial charge in [-0.1, -0.05) is 24.3 Å². The van der Waals surface area contributed by atoms with Crippen LogP contribution in [0, 0.1) is 19.8 Å². The summed E-state index contributed by atoms with van der Waals surface area (Å²) in [7, 11) is -3.55. The monoisotopic (exact) mass is 483 g/mol. The van der Waals surface area contributed by atoms with Crippen molar-refractivity contribution in [1.82, 2.24) is 8.87 Å². The highest BCUT2D eigenvalue weighted by molar-refractivity contribution is 7.89. The summed E-state index contributed by atoms with van der Waals surface area (Å²) < 4.78 is 30.5. The molecule has 0 atom stereocenters. The third-order valence-electron chi connectivity index (χ3n) is 6.29. The van der Waals surface area contributed by atoms with Crippen LogP contribution in [0.5, 0.6) is 0 Å². The van der Waals surface area contributed by atoms with Gasteiger partial charge in [0.2, 0.25) is 10.0 Å². The number of hydrogen-bond donors (Lipinski definition) is 0. The molecular weight excluding hydrogens is 454 g/mol. The normalized spacial score (nSPS) is 16.4. The lowest BCUT2D eigenvalue weighted by molar-refractivity contribution is 0.0997. The van der Waals surface area contributed by atoms with E-state index in [1.54, 1.807) is 18.2 Å². The maximum atomic E-state index is 12.9. The molecule has 0 saturated carbocycles. The molecule has 1 aromatic heterocycles. The second-order valence-corrected chi connectivity index (χ2v) is 11.7. The number of sulfonamides is 1. The van der Waals surface area contributed by atoms with E-state index in [9.17, 15) is 13.2 Å². The van der Waals surface area contributed by atoms with Crippen molar-refractivity contribution < 1.29 is 13.2 Å². The summed E-state index contributed by atoms with van der Waals surface area (Å²) in [5.41, 5.74) is 3.74. The molecule has 1 aliphatic rings. The van der Waals surface area contributed by atoms with E-state index in [0.717, 1.165) is 23.1 Å². The molecule has 2 aromatic carbocycles. The van der Waals surface area contributed by atoms with Crippen LogP contribution < -0.4 is 4.80 Å². The van der Waals surface area contributed by atoms with Crippen LogP contribution in [0.15, 0.2) is 58.9 Å². The Balaban J connectivity index is 1.65. The number of piperidine rings is 1. The number of fused-ring (bicyclic) bond motifs is 1. The predicted molar refractivity (Wildman–Crippen MR) is 133 cm³/mol. The maximum absolute atomic E-state index is 12.9. The Labute approximate surface area is 199 Å². The lowest BCUT2D eigenvalue weighted by Crippen LogP contribution is -2.37. The van der Waals surface area contributed by atoms with Crippen LogP contribution >= 0.6 is 11.3 Å². The van der Waals surface area contributed by atoms with Crippen molar-refractivity contribution in [3.05, 3.63) is 70.5 Å².